The summed E-state index contributed by atoms with van der Waals surface area (Å²) in [7, 11) is 1.91. The highest BCUT2D eigenvalue weighted by Crippen LogP contribution is 2.41. The molecule has 0 unspecified atom stereocenters. The molecular weight excluding hydrogens is 441 g/mol. The van der Waals surface area contributed by atoms with Gasteiger partial charge in [0.15, 0.2) is 0 Å². The molecule has 166 valence electrons. The number of benzene rings is 3. The van der Waals surface area contributed by atoms with E-state index in [-0.39, 0.29) is 12.1 Å². The standard InChI is InChI=1S/C26H21ClFN3O2/c1-31-14-19(17-4-2-3-5-21(17)31)23-24(26(33)30-25(23)32)22-18-12-15(13-29-11-10-28)6-7-16(18)8-9-20(22)27/h2-9,12,14,29H,10-11,13H2,1H3,(H,30,32,33). The fraction of sp³-hybridized carbons (Fsp3) is 0.154. The van der Waals surface area contributed by atoms with Gasteiger partial charge in [-0.05, 0) is 34.5 Å². The lowest BCUT2D eigenvalue weighted by Gasteiger charge is -2.12. The number of fused-ring (bicyclic) bond motifs is 2. The van der Waals surface area contributed by atoms with Gasteiger partial charge in [0.1, 0.15) is 6.67 Å². The van der Waals surface area contributed by atoms with E-state index in [1.807, 2.05) is 66.3 Å². The lowest BCUT2D eigenvalue weighted by molar-refractivity contribution is -0.122. The average Bonchev–Trinajstić information content (AvgIpc) is 3.29. The summed E-state index contributed by atoms with van der Waals surface area (Å²) in [5, 5.41) is 8.42. The lowest BCUT2D eigenvalue weighted by Crippen LogP contribution is -2.22. The molecule has 5 nitrogen and oxygen atoms in total. The van der Waals surface area contributed by atoms with E-state index in [0.29, 0.717) is 28.3 Å². The molecule has 3 aromatic carbocycles. The Labute approximate surface area is 194 Å². The van der Waals surface area contributed by atoms with Crippen molar-refractivity contribution in [3.8, 4) is 0 Å². The number of hydrogen-bond acceptors (Lipinski definition) is 3. The Kier molecular flexibility index (Phi) is 5.48. The molecule has 4 aromatic rings. The highest BCUT2D eigenvalue weighted by atomic mass is 35.5. The second-order valence-electron chi connectivity index (χ2n) is 8.05. The molecule has 0 aliphatic carbocycles. The molecule has 0 spiro atoms. The molecule has 7 heteroatoms. The Bertz CT molecular complexity index is 1470. The van der Waals surface area contributed by atoms with Gasteiger partial charge >= 0.3 is 0 Å². The molecular formula is C26H21ClFN3O2. The van der Waals surface area contributed by atoms with Crippen molar-refractivity contribution in [2.75, 3.05) is 13.2 Å². The van der Waals surface area contributed by atoms with Crippen molar-refractivity contribution >= 4 is 56.2 Å². The van der Waals surface area contributed by atoms with Crippen LogP contribution >= 0.6 is 11.6 Å². The van der Waals surface area contributed by atoms with Gasteiger partial charge in [0, 0.05) is 53.4 Å². The van der Waals surface area contributed by atoms with Crippen LogP contribution in [0.5, 0.6) is 0 Å². The Morgan fingerprint density at radius 1 is 1.00 bits per heavy atom. The summed E-state index contributed by atoms with van der Waals surface area (Å²) < 4.78 is 14.4. The number of para-hydroxylation sites is 1. The maximum Gasteiger partial charge on any atom is 0.259 e. The van der Waals surface area contributed by atoms with Crippen molar-refractivity contribution in [1.82, 2.24) is 15.2 Å². The molecule has 1 aliphatic heterocycles. The van der Waals surface area contributed by atoms with Crippen LogP contribution in [0.15, 0.2) is 60.8 Å². The quantitative estimate of drug-likeness (QED) is 0.325. The molecule has 1 aliphatic rings. The molecule has 1 aromatic heterocycles. The third-order valence-electron chi connectivity index (χ3n) is 5.98. The Morgan fingerprint density at radius 3 is 2.58 bits per heavy atom. The van der Waals surface area contributed by atoms with Crippen molar-refractivity contribution in [3.05, 3.63) is 82.5 Å². The molecule has 2 N–H and O–H groups in total. The minimum Gasteiger partial charge on any atom is -0.350 e. The van der Waals surface area contributed by atoms with Crippen LogP contribution in [0.1, 0.15) is 16.7 Å². The van der Waals surface area contributed by atoms with Crippen LogP contribution in [-0.4, -0.2) is 29.6 Å². The Hall–Kier alpha value is -3.48. The maximum absolute atomic E-state index is 13.1. The van der Waals surface area contributed by atoms with Crippen LogP contribution in [-0.2, 0) is 23.2 Å². The highest BCUT2D eigenvalue weighted by molar-refractivity contribution is 6.52. The Morgan fingerprint density at radius 2 is 1.76 bits per heavy atom. The van der Waals surface area contributed by atoms with Crippen LogP contribution < -0.4 is 10.6 Å². The molecule has 0 atom stereocenters. The van der Waals surface area contributed by atoms with E-state index < -0.39 is 18.5 Å². The van der Waals surface area contributed by atoms with E-state index in [4.69, 9.17) is 11.6 Å². The minimum atomic E-state index is -0.474. The molecule has 0 saturated heterocycles. The van der Waals surface area contributed by atoms with Crippen LogP contribution in [0.4, 0.5) is 4.39 Å². The van der Waals surface area contributed by atoms with Gasteiger partial charge in [0.25, 0.3) is 11.8 Å². The first kappa shape index (κ1) is 21.4. The molecule has 0 radical (unpaired) electrons. The van der Waals surface area contributed by atoms with E-state index in [1.165, 1.54) is 0 Å². The first-order chi connectivity index (χ1) is 16.0. The first-order valence-corrected chi connectivity index (χ1v) is 11.0. The SMILES string of the molecule is Cn1cc(C2=C(c3c(Cl)ccc4ccc(CNCCF)cc34)C(=O)NC2=O)c2ccccc21. The Balaban J connectivity index is 1.78. The number of rotatable bonds is 6. The molecule has 2 heterocycles. The lowest BCUT2D eigenvalue weighted by atomic mass is 9.91. The van der Waals surface area contributed by atoms with E-state index in [9.17, 15) is 14.0 Å². The normalized spacial score (nSPS) is 14.0. The predicted octanol–water partition coefficient (Wildman–Crippen LogP) is 4.61. The third kappa shape index (κ3) is 3.61. The summed E-state index contributed by atoms with van der Waals surface area (Å²) in [6.45, 7) is 0.286. The molecule has 33 heavy (non-hydrogen) atoms. The highest BCUT2D eigenvalue weighted by Gasteiger charge is 2.35. The van der Waals surface area contributed by atoms with Crippen molar-refractivity contribution in [2.24, 2.45) is 7.05 Å². The molecule has 2 amide bonds. The number of aromatic nitrogens is 1. The van der Waals surface area contributed by atoms with Gasteiger partial charge in [0.2, 0.25) is 0 Å². The number of nitrogens with one attached hydrogen (secondary N) is 2. The van der Waals surface area contributed by atoms with Crippen molar-refractivity contribution in [1.29, 1.82) is 0 Å². The van der Waals surface area contributed by atoms with Crippen molar-refractivity contribution in [3.63, 3.8) is 0 Å². The summed E-state index contributed by atoms with van der Waals surface area (Å²) >= 11 is 6.66. The van der Waals surface area contributed by atoms with Crippen molar-refractivity contribution in [2.45, 2.75) is 6.54 Å². The number of nitrogens with zero attached hydrogens (tertiary/aromatic N) is 1. The monoisotopic (exact) mass is 461 g/mol. The van der Waals surface area contributed by atoms with Crippen molar-refractivity contribution < 1.29 is 14.0 Å². The zero-order chi connectivity index (χ0) is 23.1. The largest absolute Gasteiger partial charge is 0.350 e. The second-order valence-corrected chi connectivity index (χ2v) is 8.45. The molecule has 0 saturated carbocycles. The van der Waals surface area contributed by atoms with Crippen LogP contribution in [0.2, 0.25) is 5.02 Å². The number of imide groups is 1. The number of amides is 2. The summed E-state index contributed by atoms with van der Waals surface area (Å²) in [6.07, 6.45) is 1.86. The third-order valence-corrected chi connectivity index (χ3v) is 6.30. The first-order valence-electron chi connectivity index (χ1n) is 10.6. The number of alkyl halides is 1. The van der Waals surface area contributed by atoms with E-state index in [1.54, 1.807) is 6.07 Å². The molecule has 5 rings (SSSR count). The smallest absolute Gasteiger partial charge is 0.259 e. The number of hydrogen-bond donors (Lipinski definition) is 2. The topological polar surface area (TPSA) is 63.1 Å². The summed E-state index contributed by atoms with van der Waals surface area (Å²) in [6, 6.07) is 17.2. The second kappa shape index (κ2) is 8.46. The van der Waals surface area contributed by atoms with Gasteiger partial charge in [-0.15, -0.1) is 0 Å². The molecule has 0 bridgehead atoms. The fourth-order valence-electron chi connectivity index (χ4n) is 4.50. The fourth-order valence-corrected chi connectivity index (χ4v) is 4.75. The number of carbonyl (C=O) groups is 2. The van der Waals surface area contributed by atoms with Gasteiger partial charge < -0.3 is 9.88 Å². The predicted molar refractivity (Wildman–Crippen MR) is 130 cm³/mol. The van der Waals surface area contributed by atoms with E-state index in [0.717, 1.165) is 27.2 Å². The van der Waals surface area contributed by atoms with Gasteiger partial charge in [0.05, 0.1) is 11.1 Å². The zero-order valence-electron chi connectivity index (χ0n) is 17.9. The minimum absolute atomic E-state index is 0.258. The van der Waals surface area contributed by atoms with E-state index >= 15 is 0 Å². The molecule has 0 fully saturated rings. The summed E-state index contributed by atoms with van der Waals surface area (Å²) in [4.78, 5) is 26.1. The van der Waals surface area contributed by atoms with Crippen LogP contribution in [0.25, 0.3) is 32.8 Å². The number of halogens is 2. The van der Waals surface area contributed by atoms with E-state index in [2.05, 4.69) is 10.6 Å². The van der Waals surface area contributed by atoms with Gasteiger partial charge in [-0.25, -0.2) is 4.39 Å². The van der Waals surface area contributed by atoms with Gasteiger partial charge in [-0.2, -0.15) is 0 Å². The zero-order valence-corrected chi connectivity index (χ0v) is 18.7. The van der Waals surface area contributed by atoms with Gasteiger partial charge in [-0.3, -0.25) is 14.9 Å². The maximum atomic E-state index is 13.1. The summed E-state index contributed by atoms with van der Waals surface area (Å²) in [5.74, 6) is -0.918. The number of carbonyl (C=O) groups excluding carboxylic acids is 2. The average molecular weight is 462 g/mol. The number of aryl methyl sites for hydroxylation is 1. The summed E-state index contributed by atoms with van der Waals surface area (Å²) in [5.41, 5.74) is 3.66. The van der Waals surface area contributed by atoms with Crippen LogP contribution in [0, 0.1) is 0 Å². The van der Waals surface area contributed by atoms with Gasteiger partial charge in [-0.1, -0.05) is 48.0 Å². The van der Waals surface area contributed by atoms with Crippen LogP contribution in [0.3, 0.4) is 0 Å².